The Morgan fingerprint density at radius 3 is 3.00 bits per heavy atom. The number of anilines is 1. The maximum absolute atomic E-state index is 11.2. The number of carbonyl (C=O) groups is 1. The van der Waals surface area contributed by atoms with E-state index in [0.29, 0.717) is 17.6 Å². The number of carboxylic acid groups (broad SMARTS) is 1. The highest BCUT2D eigenvalue weighted by atomic mass is 32.2. The van der Waals surface area contributed by atoms with Crippen molar-refractivity contribution in [2.75, 3.05) is 24.8 Å². The molecular formula is C11H15N3O3S. The molecule has 1 N–H and O–H groups in total. The Morgan fingerprint density at radius 2 is 2.44 bits per heavy atom. The van der Waals surface area contributed by atoms with Gasteiger partial charge in [0, 0.05) is 19.9 Å². The van der Waals surface area contributed by atoms with Gasteiger partial charge in [-0.05, 0) is 19.1 Å². The summed E-state index contributed by atoms with van der Waals surface area (Å²) in [5.74, 6) is -0.615. The SMILES string of the molecule is CSc1ncc(C(=O)O)c(N(C)C2CCCO2)n1. The predicted molar refractivity (Wildman–Crippen MR) is 68.1 cm³/mol. The van der Waals surface area contributed by atoms with Crippen LogP contribution >= 0.6 is 11.8 Å². The van der Waals surface area contributed by atoms with E-state index in [4.69, 9.17) is 9.84 Å². The summed E-state index contributed by atoms with van der Waals surface area (Å²) in [6, 6.07) is 0. The molecule has 0 bridgehead atoms. The van der Waals surface area contributed by atoms with E-state index in [-0.39, 0.29) is 11.8 Å². The summed E-state index contributed by atoms with van der Waals surface area (Å²) >= 11 is 1.38. The number of hydrogen-bond acceptors (Lipinski definition) is 6. The molecule has 1 aliphatic rings. The monoisotopic (exact) mass is 269 g/mol. The van der Waals surface area contributed by atoms with Crippen molar-refractivity contribution >= 4 is 23.5 Å². The second-order valence-electron chi connectivity index (χ2n) is 3.98. The molecule has 2 heterocycles. The molecule has 1 atom stereocenters. The maximum Gasteiger partial charge on any atom is 0.341 e. The van der Waals surface area contributed by atoms with Gasteiger partial charge in [0.1, 0.15) is 17.6 Å². The van der Waals surface area contributed by atoms with E-state index in [2.05, 4.69) is 9.97 Å². The summed E-state index contributed by atoms with van der Waals surface area (Å²) in [7, 11) is 1.80. The fraction of sp³-hybridized carbons (Fsp3) is 0.545. The summed E-state index contributed by atoms with van der Waals surface area (Å²) < 4.78 is 5.54. The minimum atomic E-state index is -1.03. The number of ether oxygens (including phenoxy) is 1. The number of hydrogen-bond donors (Lipinski definition) is 1. The molecule has 1 saturated heterocycles. The van der Waals surface area contributed by atoms with Crippen LogP contribution in [0.15, 0.2) is 11.4 Å². The molecule has 18 heavy (non-hydrogen) atoms. The van der Waals surface area contributed by atoms with Gasteiger partial charge < -0.3 is 14.7 Å². The predicted octanol–water partition coefficient (Wildman–Crippen LogP) is 1.47. The van der Waals surface area contributed by atoms with Crippen LogP contribution in [0.25, 0.3) is 0 Å². The second-order valence-corrected chi connectivity index (χ2v) is 4.75. The van der Waals surface area contributed by atoms with Crippen molar-refractivity contribution in [3.63, 3.8) is 0 Å². The van der Waals surface area contributed by atoms with E-state index >= 15 is 0 Å². The van der Waals surface area contributed by atoms with E-state index in [1.165, 1.54) is 18.0 Å². The van der Waals surface area contributed by atoms with Gasteiger partial charge >= 0.3 is 5.97 Å². The topological polar surface area (TPSA) is 75.5 Å². The fourth-order valence-electron chi connectivity index (χ4n) is 1.88. The van der Waals surface area contributed by atoms with Crippen LogP contribution < -0.4 is 4.90 Å². The minimum Gasteiger partial charge on any atom is -0.477 e. The molecule has 1 fully saturated rings. The third-order valence-electron chi connectivity index (χ3n) is 2.83. The summed E-state index contributed by atoms with van der Waals surface area (Å²) in [5, 5.41) is 9.72. The zero-order valence-corrected chi connectivity index (χ0v) is 11.1. The van der Waals surface area contributed by atoms with Crippen LogP contribution in [0.4, 0.5) is 5.82 Å². The lowest BCUT2D eigenvalue weighted by Gasteiger charge is -2.25. The van der Waals surface area contributed by atoms with E-state index < -0.39 is 5.97 Å². The van der Waals surface area contributed by atoms with Crippen LogP contribution in [-0.4, -0.2) is 47.2 Å². The van der Waals surface area contributed by atoms with Crippen LogP contribution in [0.2, 0.25) is 0 Å². The molecule has 1 aliphatic heterocycles. The highest BCUT2D eigenvalue weighted by molar-refractivity contribution is 7.98. The number of aromatic nitrogens is 2. The molecule has 0 spiro atoms. The van der Waals surface area contributed by atoms with Crippen LogP contribution in [0.5, 0.6) is 0 Å². The Morgan fingerprint density at radius 1 is 1.67 bits per heavy atom. The first-order valence-corrected chi connectivity index (χ1v) is 6.84. The lowest BCUT2D eigenvalue weighted by atomic mass is 10.2. The third-order valence-corrected chi connectivity index (χ3v) is 3.39. The summed E-state index contributed by atoms with van der Waals surface area (Å²) in [4.78, 5) is 21.2. The molecule has 98 valence electrons. The van der Waals surface area contributed by atoms with Crippen molar-refractivity contribution in [3.8, 4) is 0 Å². The first kappa shape index (κ1) is 13.1. The number of nitrogens with zero attached hydrogens (tertiary/aromatic N) is 3. The van der Waals surface area contributed by atoms with E-state index in [0.717, 1.165) is 12.8 Å². The van der Waals surface area contributed by atoms with Gasteiger partial charge in [-0.3, -0.25) is 0 Å². The molecule has 1 unspecified atom stereocenters. The van der Waals surface area contributed by atoms with Gasteiger partial charge in [0.05, 0.1) is 0 Å². The molecule has 0 saturated carbocycles. The number of carboxylic acids is 1. The first-order valence-electron chi connectivity index (χ1n) is 5.62. The maximum atomic E-state index is 11.2. The lowest BCUT2D eigenvalue weighted by Crippen LogP contribution is -2.33. The largest absolute Gasteiger partial charge is 0.477 e. The normalized spacial score (nSPS) is 18.9. The molecule has 0 amide bonds. The Hall–Kier alpha value is -1.34. The van der Waals surface area contributed by atoms with Crippen LogP contribution in [0.3, 0.4) is 0 Å². The number of rotatable bonds is 4. The van der Waals surface area contributed by atoms with Gasteiger partial charge in [0.2, 0.25) is 0 Å². The zero-order chi connectivity index (χ0) is 13.1. The van der Waals surface area contributed by atoms with Crippen LogP contribution in [0, 0.1) is 0 Å². The van der Waals surface area contributed by atoms with Gasteiger partial charge in [-0.25, -0.2) is 14.8 Å². The van der Waals surface area contributed by atoms with Crippen LogP contribution in [-0.2, 0) is 4.74 Å². The fourth-order valence-corrected chi connectivity index (χ4v) is 2.21. The van der Waals surface area contributed by atoms with Gasteiger partial charge in [0.25, 0.3) is 0 Å². The molecule has 1 aromatic rings. The number of aromatic carboxylic acids is 1. The van der Waals surface area contributed by atoms with Gasteiger partial charge in [-0.2, -0.15) is 0 Å². The smallest absolute Gasteiger partial charge is 0.341 e. The van der Waals surface area contributed by atoms with E-state index in [1.54, 1.807) is 11.9 Å². The standard InChI is InChI=1S/C11H15N3O3S/c1-14(8-4-3-5-17-8)9-7(10(15)16)6-12-11(13-9)18-2/h6,8H,3-5H2,1-2H3,(H,15,16). The molecule has 2 rings (SSSR count). The van der Waals surface area contributed by atoms with Crippen molar-refractivity contribution in [2.24, 2.45) is 0 Å². The third kappa shape index (κ3) is 2.56. The lowest BCUT2D eigenvalue weighted by molar-refractivity contribution is 0.0694. The van der Waals surface area contributed by atoms with Gasteiger partial charge in [-0.15, -0.1) is 0 Å². The van der Waals surface area contributed by atoms with E-state index in [1.807, 2.05) is 6.26 Å². The first-order chi connectivity index (χ1) is 8.63. The molecule has 0 aliphatic carbocycles. The van der Waals surface area contributed by atoms with Gasteiger partial charge in [0.15, 0.2) is 5.16 Å². The molecule has 6 nitrogen and oxygen atoms in total. The average Bonchev–Trinajstić information content (AvgIpc) is 2.90. The van der Waals surface area contributed by atoms with Gasteiger partial charge in [-0.1, -0.05) is 11.8 Å². The highest BCUT2D eigenvalue weighted by Crippen LogP contribution is 2.25. The molecular weight excluding hydrogens is 254 g/mol. The minimum absolute atomic E-state index is 0.103. The molecule has 7 heteroatoms. The second kappa shape index (κ2) is 5.53. The van der Waals surface area contributed by atoms with Crippen LogP contribution in [0.1, 0.15) is 23.2 Å². The van der Waals surface area contributed by atoms with E-state index in [9.17, 15) is 4.79 Å². The number of thioether (sulfide) groups is 1. The summed E-state index contributed by atoms with van der Waals surface area (Å²) in [6.45, 7) is 0.706. The Bertz CT molecular complexity index is 449. The Labute approximate surface area is 109 Å². The summed E-state index contributed by atoms with van der Waals surface area (Å²) in [6.07, 6.45) is 4.97. The summed E-state index contributed by atoms with van der Waals surface area (Å²) in [5.41, 5.74) is 0.103. The molecule has 1 aromatic heterocycles. The zero-order valence-electron chi connectivity index (χ0n) is 10.3. The van der Waals surface area contributed by atoms with Crippen molar-refractivity contribution in [2.45, 2.75) is 24.2 Å². The Balaban J connectivity index is 2.35. The van der Waals surface area contributed by atoms with Crippen molar-refractivity contribution in [1.29, 1.82) is 0 Å². The Kier molecular flexibility index (Phi) is 4.03. The average molecular weight is 269 g/mol. The van der Waals surface area contributed by atoms with Crippen molar-refractivity contribution < 1.29 is 14.6 Å². The van der Waals surface area contributed by atoms with Crippen molar-refractivity contribution in [1.82, 2.24) is 9.97 Å². The molecule has 0 aromatic carbocycles. The van der Waals surface area contributed by atoms with Crippen molar-refractivity contribution in [3.05, 3.63) is 11.8 Å². The quantitative estimate of drug-likeness (QED) is 0.655. The molecule has 0 radical (unpaired) electrons. The highest BCUT2D eigenvalue weighted by Gasteiger charge is 2.25.